The Bertz CT molecular complexity index is 991. The second-order valence-corrected chi connectivity index (χ2v) is 8.86. The SMILES string of the molecule is O=C(CNC(=O)c1cccc(C(F)(F)F)c1)N[C@@H]1CCN(C2CCN(c3ccccc3)CC2)C1. The fourth-order valence-electron chi connectivity index (χ4n) is 4.74. The van der Waals surface area contributed by atoms with E-state index in [1.165, 1.54) is 17.8 Å². The Kier molecular flexibility index (Phi) is 7.41. The van der Waals surface area contributed by atoms with Crippen LogP contribution in [0.1, 0.15) is 35.2 Å². The lowest BCUT2D eigenvalue weighted by Gasteiger charge is -2.38. The first kappa shape index (κ1) is 24.1. The third kappa shape index (κ3) is 6.08. The number of hydrogen-bond acceptors (Lipinski definition) is 4. The van der Waals surface area contributed by atoms with E-state index in [1.807, 2.05) is 6.07 Å². The van der Waals surface area contributed by atoms with Gasteiger partial charge in [-0.1, -0.05) is 24.3 Å². The van der Waals surface area contributed by atoms with Crippen molar-refractivity contribution >= 4 is 17.5 Å². The van der Waals surface area contributed by atoms with Gasteiger partial charge in [0.2, 0.25) is 5.91 Å². The number of anilines is 1. The monoisotopic (exact) mass is 474 g/mol. The number of likely N-dealkylation sites (tertiary alicyclic amines) is 1. The fourth-order valence-corrected chi connectivity index (χ4v) is 4.74. The van der Waals surface area contributed by atoms with E-state index in [-0.39, 0.29) is 24.1 Å². The molecular formula is C25H29F3N4O2. The molecule has 182 valence electrons. The quantitative estimate of drug-likeness (QED) is 0.675. The summed E-state index contributed by atoms with van der Waals surface area (Å²) in [5.74, 6) is -1.05. The van der Waals surface area contributed by atoms with Crippen molar-refractivity contribution in [2.75, 3.05) is 37.6 Å². The summed E-state index contributed by atoms with van der Waals surface area (Å²) in [6.07, 6.45) is -1.54. The number of carbonyl (C=O) groups is 2. The standard InChI is InChI=1S/C25H29F3N4O2/c26-25(27,28)19-6-4-5-18(15-19)24(34)29-16-23(33)30-20-9-12-32(17-20)22-10-13-31(14-11-22)21-7-2-1-3-8-21/h1-8,15,20,22H,9-14,16-17H2,(H,29,34)(H,30,33)/t20-/m1/s1. The van der Waals surface area contributed by atoms with E-state index in [4.69, 9.17) is 0 Å². The van der Waals surface area contributed by atoms with E-state index in [2.05, 4.69) is 44.7 Å². The number of alkyl halides is 3. The summed E-state index contributed by atoms with van der Waals surface area (Å²) in [4.78, 5) is 29.3. The summed E-state index contributed by atoms with van der Waals surface area (Å²) in [6, 6.07) is 15.0. The van der Waals surface area contributed by atoms with Crippen molar-refractivity contribution in [1.82, 2.24) is 15.5 Å². The molecule has 0 aromatic heterocycles. The van der Waals surface area contributed by atoms with Crippen molar-refractivity contribution in [3.8, 4) is 0 Å². The number of benzene rings is 2. The molecule has 2 fully saturated rings. The number of nitrogens with one attached hydrogen (secondary N) is 2. The first-order chi connectivity index (χ1) is 16.3. The van der Waals surface area contributed by atoms with Gasteiger partial charge in [0.25, 0.3) is 5.91 Å². The summed E-state index contributed by atoms with van der Waals surface area (Å²) in [5, 5.41) is 5.35. The Morgan fingerprint density at radius 2 is 1.68 bits per heavy atom. The summed E-state index contributed by atoms with van der Waals surface area (Å²) < 4.78 is 38.5. The van der Waals surface area contributed by atoms with Crippen LogP contribution in [0.3, 0.4) is 0 Å². The molecule has 0 radical (unpaired) electrons. The molecule has 2 amide bonds. The highest BCUT2D eigenvalue weighted by Gasteiger charge is 2.32. The van der Waals surface area contributed by atoms with Crippen LogP contribution in [0, 0.1) is 0 Å². The maximum absolute atomic E-state index is 12.8. The van der Waals surface area contributed by atoms with Crippen LogP contribution in [0.4, 0.5) is 18.9 Å². The largest absolute Gasteiger partial charge is 0.416 e. The minimum atomic E-state index is -4.53. The van der Waals surface area contributed by atoms with Crippen LogP contribution in [0.2, 0.25) is 0 Å². The predicted molar refractivity (Wildman–Crippen MR) is 124 cm³/mol. The van der Waals surface area contributed by atoms with Crippen LogP contribution in [-0.2, 0) is 11.0 Å². The van der Waals surface area contributed by atoms with Gasteiger partial charge < -0.3 is 15.5 Å². The minimum absolute atomic E-state index is 0.00473. The van der Waals surface area contributed by atoms with E-state index >= 15 is 0 Å². The van der Waals surface area contributed by atoms with Crippen molar-refractivity contribution in [3.05, 3.63) is 65.7 Å². The molecule has 0 aliphatic carbocycles. The zero-order valence-corrected chi connectivity index (χ0v) is 18.9. The van der Waals surface area contributed by atoms with Crippen LogP contribution in [0.15, 0.2) is 54.6 Å². The lowest BCUT2D eigenvalue weighted by Crippen LogP contribution is -2.46. The molecule has 0 bridgehead atoms. The molecule has 2 aliphatic rings. The molecule has 2 N–H and O–H groups in total. The third-order valence-corrected chi connectivity index (χ3v) is 6.55. The van der Waals surface area contributed by atoms with E-state index in [9.17, 15) is 22.8 Å². The number of nitrogens with zero attached hydrogens (tertiary/aromatic N) is 2. The van der Waals surface area contributed by atoms with E-state index < -0.39 is 17.6 Å². The normalized spacial score (nSPS) is 19.7. The van der Waals surface area contributed by atoms with Crippen molar-refractivity contribution in [2.45, 2.75) is 37.5 Å². The number of halogens is 3. The molecule has 2 saturated heterocycles. The second-order valence-electron chi connectivity index (χ2n) is 8.86. The van der Waals surface area contributed by atoms with E-state index in [1.54, 1.807) is 0 Å². The summed E-state index contributed by atoms with van der Waals surface area (Å²) in [6.45, 7) is 3.41. The number of carbonyl (C=O) groups excluding carboxylic acids is 2. The Morgan fingerprint density at radius 1 is 0.941 bits per heavy atom. The molecule has 4 rings (SSSR count). The van der Waals surface area contributed by atoms with Crippen LogP contribution < -0.4 is 15.5 Å². The first-order valence-corrected chi connectivity index (χ1v) is 11.6. The minimum Gasteiger partial charge on any atom is -0.371 e. The van der Waals surface area contributed by atoms with Gasteiger partial charge >= 0.3 is 6.18 Å². The molecular weight excluding hydrogens is 445 g/mol. The average molecular weight is 475 g/mol. The Balaban J connectivity index is 1.19. The number of piperidine rings is 1. The lowest BCUT2D eigenvalue weighted by molar-refractivity contribution is -0.137. The van der Waals surface area contributed by atoms with Crippen LogP contribution in [-0.4, -0.2) is 61.5 Å². The zero-order valence-electron chi connectivity index (χ0n) is 18.9. The summed E-state index contributed by atoms with van der Waals surface area (Å²) in [5.41, 5.74) is 0.224. The molecule has 2 heterocycles. The van der Waals surface area contributed by atoms with Crippen LogP contribution >= 0.6 is 0 Å². The highest BCUT2D eigenvalue weighted by atomic mass is 19.4. The van der Waals surface area contributed by atoms with Crippen LogP contribution in [0.25, 0.3) is 0 Å². The van der Waals surface area contributed by atoms with Gasteiger partial charge in [-0.2, -0.15) is 13.2 Å². The Hall–Kier alpha value is -3.07. The molecule has 2 aliphatic heterocycles. The number of para-hydroxylation sites is 1. The molecule has 6 nitrogen and oxygen atoms in total. The van der Waals surface area contributed by atoms with E-state index in [0.29, 0.717) is 6.04 Å². The van der Waals surface area contributed by atoms with Crippen LogP contribution in [0.5, 0.6) is 0 Å². The lowest BCUT2D eigenvalue weighted by atomic mass is 10.0. The first-order valence-electron chi connectivity index (χ1n) is 11.6. The van der Waals surface area contributed by atoms with Crippen molar-refractivity contribution in [3.63, 3.8) is 0 Å². The highest BCUT2D eigenvalue weighted by Crippen LogP contribution is 2.29. The van der Waals surface area contributed by atoms with Gasteiger partial charge in [-0.3, -0.25) is 14.5 Å². The molecule has 2 aromatic carbocycles. The second kappa shape index (κ2) is 10.5. The van der Waals surface area contributed by atoms with Crippen molar-refractivity contribution in [1.29, 1.82) is 0 Å². The van der Waals surface area contributed by atoms with Gasteiger partial charge in [-0.05, 0) is 49.6 Å². The number of amides is 2. The fraction of sp³-hybridized carbons (Fsp3) is 0.440. The Labute approximate surface area is 197 Å². The number of hydrogen-bond donors (Lipinski definition) is 2. The van der Waals surface area contributed by atoms with Crippen molar-refractivity contribution < 1.29 is 22.8 Å². The zero-order chi connectivity index (χ0) is 24.1. The predicted octanol–water partition coefficient (Wildman–Crippen LogP) is 3.29. The van der Waals surface area contributed by atoms with Gasteiger partial charge in [0.15, 0.2) is 0 Å². The van der Waals surface area contributed by atoms with Gasteiger partial charge in [-0.15, -0.1) is 0 Å². The molecule has 0 saturated carbocycles. The summed E-state index contributed by atoms with van der Waals surface area (Å²) in [7, 11) is 0. The summed E-state index contributed by atoms with van der Waals surface area (Å²) >= 11 is 0. The van der Waals surface area contributed by atoms with Gasteiger partial charge in [0.05, 0.1) is 12.1 Å². The molecule has 34 heavy (non-hydrogen) atoms. The molecule has 2 aromatic rings. The molecule has 0 spiro atoms. The topological polar surface area (TPSA) is 64.7 Å². The molecule has 0 unspecified atom stereocenters. The van der Waals surface area contributed by atoms with Gasteiger partial charge in [0, 0.05) is 49.5 Å². The highest BCUT2D eigenvalue weighted by molar-refractivity contribution is 5.96. The van der Waals surface area contributed by atoms with E-state index in [0.717, 1.165) is 57.6 Å². The third-order valence-electron chi connectivity index (χ3n) is 6.55. The maximum atomic E-state index is 12.8. The van der Waals surface area contributed by atoms with Crippen molar-refractivity contribution in [2.24, 2.45) is 0 Å². The molecule has 9 heteroatoms. The maximum Gasteiger partial charge on any atom is 0.416 e. The number of rotatable bonds is 6. The molecule has 1 atom stereocenters. The van der Waals surface area contributed by atoms with Gasteiger partial charge in [-0.25, -0.2) is 0 Å². The average Bonchev–Trinajstić information content (AvgIpc) is 3.31. The Morgan fingerprint density at radius 3 is 2.38 bits per heavy atom. The smallest absolute Gasteiger partial charge is 0.371 e. The van der Waals surface area contributed by atoms with Gasteiger partial charge in [0.1, 0.15) is 0 Å².